The average molecular weight is 351 g/mol. The second-order valence-corrected chi connectivity index (χ2v) is 7.78. The Bertz CT molecular complexity index is 606. The topological polar surface area (TPSA) is 63.4 Å². The molecule has 1 aliphatic rings. The van der Waals surface area contributed by atoms with Crippen molar-refractivity contribution in [1.82, 2.24) is 4.31 Å². The number of nitrogens with zero attached hydrogens (tertiary/aromatic N) is 1. The lowest BCUT2D eigenvalue weighted by Gasteiger charge is -2.22. The molecule has 1 aromatic rings. The van der Waals surface area contributed by atoms with Crippen LogP contribution in [0.5, 0.6) is 0 Å². The van der Waals surface area contributed by atoms with Crippen molar-refractivity contribution >= 4 is 31.6 Å². The van der Waals surface area contributed by atoms with E-state index in [-0.39, 0.29) is 21.1 Å². The third-order valence-electron chi connectivity index (χ3n) is 3.36. The summed E-state index contributed by atoms with van der Waals surface area (Å²) in [5.74, 6) is -0.310. The molecule has 0 aliphatic carbocycles. The highest BCUT2D eigenvalue weighted by atomic mass is 79.9. The fraction of sp³-hybridized carbons (Fsp3) is 0.500. The number of nitrogens with two attached hydrogens (primary N) is 1. The summed E-state index contributed by atoms with van der Waals surface area (Å²) in [5.41, 5.74) is 5.30. The van der Waals surface area contributed by atoms with Crippen molar-refractivity contribution in [3.05, 3.63) is 22.4 Å². The highest BCUT2D eigenvalue weighted by molar-refractivity contribution is 9.10. The fourth-order valence-electron chi connectivity index (χ4n) is 2.47. The molecule has 0 radical (unpaired) electrons. The van der Waals surface area contributed by atoms with E-state index >= 15 is 0 Å². The molecule has 7 heteroatoms. The molecule has 2 atom stereocenters. The Balaban J connectivity index is 2.49. The molecule has 0 aromatic heterocycles. The summed E-state index contributed by atoms with van der Waals surface area (Å²) in [6.07, 6.45) is 0.827. The lowest BCUT2D eigenvalue weighted by atomic mass is 10.1. The van der Waals surface area contributed by atoms with Crippen LogP contribution in [0.1, 0.15) is 20.3 Å². The van der Waals surface area contributed by atoms with Gasteiger partial charge in [-0.25, -0.2) is 12.8 Å². The Labute approximate surface area is 121 Å². The first-order chi connectivity index (χ1) is 8.73. The Kier molecular flexibility index (Phi) is 3.90. The first-order valence-corrected chi connectivity index (χ1v) is 8.23. The molecule has 0 bridgehead atoms. The average Bonchev–Trinajstić information content (AvgIpc) is 2.63. The largest absolute Gasteiger partial charge is 0.396 e. The van der Waals surface area contributed by atoms with E-state index in [0.717, 1.165) is 12.5 Å². The second kappa shape index (κ2) is 5.03. The van der Waals surface area contributed by atoms with Gasteiger partial charge in [-0.05, 0) is 47.3 Å². The number of halogens is 2. The van der Waals surface area contributed by atoms with Gasteiger partial charge in [0.2, 0.25) is 10.0 Å². The molecule has 19 heavy (non-hydrogen) atoms. The van der Waals surface area contributed by atoms with Crippen LogP contribution in [0.15, 0.2) is 21.5 Å². The van der Waals surface area contributed by atoms with E-state index in [1.807, 2.05) is 13.8 Å². The van der Waals surface area contributed by atoms with Gasteiger partial charge in [0.15, 0.2) is 0 Å². The third kappa shape index (κ3) is 2.64. The van der Waals surface area contributed by atoms with Gasteiger partial charge in [-0.3, -0.25) is 0 Å². The molecule has 0 saturated carbocycles. The van der Waals surface area contributed by atoms with Crippen LogP contribution in [-0.2, 0) is 10.0 Å². The number of sulfonamides is 1. The predicted molar refractivity (Wildman–Crippen MR) is 75.6 cm³/mol. The van der Waals surface area contributed by atoms with Gasteiger partial charge in [-0.1, -0.05) is 6.92 Å². The third-order valence-corrected chi connectivity index (χ3v) is 6.30. The molecular formula is C12H16BrFN2O2S. The predicted octanol–water partition coefficient (Wildman–Crippen LogP) is 2.59. The van der Waals surface area contributed by atoms with Crippen molar-refractivity contribution in [2.75, 3.05) is 12.3 Å². The minimum Gasteiger partial charge on any atom is -0.396 e. The molecule has 1 saturated heterocycles. The number of benzene rings is 1. The second-order valence-electron chi connectivity index (χ2n) is 5.07. The van der Waals surface area contributed by atoms with Gasteiger partial charge in [0.25, 0.3) is 0 Å². The van der Waals surface area contributed by atoms with Gasteiger partial charge >= 0.3 is 0 Å². The molecular weight excluding hydrogens is 335 g/mol. The zero-order chi connectivity index (χ0) is 14.4. The highest BCUT2D eigenvalue weighted by Gasteiger charge is 2.37. The van der Waals surface area contributed by atoms with Crippen LogP contribution in [-0.4, -0.2) is 25.3 Å². The van der Waals surface area contributed by atoms with Crippen molar-refractivity contribution in [2.24, 2.45) is 5.92 Å². The van der Waals surface area contributed by atoms with E-state index in [1.165, 1.54) is 10.4 Å². The van der Waals surface area contributed by atoms with Gasteiger partial charge in [0.1, 0.15) is 5.82 Å². The zero-order valence-electron chi connectivity index (χ0n) is 10.7. The van der Waals surface area contributed by atoms with Crippen molar-refractivity contribution in [2.45, 2.75) is 31.2 Å². The Morgan fingerprint density at radius 1 is 1.42 bits per heavy atom. The number of hydrogen-bond donors (Lipinski definition) is 1. The SMILES string of the molecule is CC1CC(C)N(S(=O)(=O)c2cc(N)c(F)cc2Br)C1. The normalized spacial score (nSPS) is 24.8. The lowest BCUT2D eigenvalue weighted by Crippen LogP contribution is -2.34. The van der Waals surface area contributed by atoms with Gasteiger partial charge < -0.3 is 5.73 Å². The minimum atomic E-state index is -3.65. The van der Waals surface area contributed by atoms with E-state index in [2.05, 4.69) is 15.9 Å². The van der Waals surface area contributed by atoms with E-state index in [1.54, 1.807) is 0 Å². The van der Waals surface area contributed by atoms with Crippen LogP contribution >= 0.6 is 15.9 Å². The van der Waals surface area contributed by atoms with Gasteiger partial charge in [0.05, 0.1) is 10.6 Å². The van der Waals surface area contributed by atoms with Crippen LogP contribution in [0.25, 0.3) is 0 Å². The minimum absolute atomic E-state index is 0.0207. The summed E-state index contributed by atoms with van der Waals surface area (Å²) in [6.45, 7) is 4.37. The number of hydrogen-bond acceptors (Lipinski definition) is 3. The van der Waals surface area contributed by atoms with E-state index in [0.29, 0.717) is 12.5 Å². The van der Waals surface area contributed by atoms with Crippen LogP contribution in [0.4, 0.5) is 10.1 Å². The molecule has 4 nitrogen and oxygen atoms in total. The van der Waals surface area contributed by atoms with E-state index < -0.39 is 15.8 Å². The van der Waals surface area contributed by atoms with Gasteiger partial charge in [-0.15, -0.1) is 0 Å². The Morgan fingerprint density at radius 3 is 2.58 bits per heavy atom. The summed E-state index contributed by atoms with van der Waals surface area (Å²) >= 11 is 3.10. The van der Waals surface area contributed by atoms with Crippen molar-refractivity contribution < 1.29 is 12.8 Å². The number of nitrogen functional groups attached to an aromatic ring is 1. The van der Waals surface area contributed by atoms with E-state index in [9.17, 15) is 12.8 Å². The van der Waals surface area contributed by atoms with Crippen LogP contribution in [0.3, 0.4) is 0 Å². The molecule has 2 N–H and O–H groups in total. The molecule has 106 valence electrons. The zero-order valence-corrected chi connectivity index (χ0v) is 13.1. The standard InChI is InChI=1S/C12H16BrFN2O2S/c1-7-3-8(2)16(6-7)19(17,18)12-5-11(15)10(14)4-9(12)13/h4-5,7-8H,3,6,15H2,1-2H3. The highest BCUT2D eigenvalue weighted by Crippen LogP contribution is 2.34. The number of rotatable bonds is 2. The smallest absolute Gasteiger partial charge is 0.244 e. The molecule has 1 heterocycles. The summed E-state index contributed by atoms with van der Waals surface area (Å²) in [5, 5.41) is 0. The quantitative estimate of drug-likeness (QED) is 0.833. The maximum Gasteiger partial charge on any atom is 0.244 e. The summed E-state index contributed by atoms with van der Waals surface area (Å²) in [4.78, 5) is 0.0207. The molecule has 1 aliphatic heterocycles. The first-order valence-electron chi connectivity index (χ1n) is 6.00. The summed E-state index contributed by atoms with van der Waals surface area (Å²) < 4.78 is 40.1. The lowest BCUT2D eigenvalue weighted by molar-refractivity contribution is 0.405. The first kappa shape index (κ1) is 14.7. The van der Waals surface area contributed by atoms with Crippen LogP contribution in [0, 0.1) is 11.7 Å². The molecule has 1 fully saturated rings. The molecule has 2 rings (SSSR count). The van der Waals surface area contributed by atoms with Crippen molar-refractivity contribution in [3.8, 4) is 0 Å². The Hall–Kier alpha value is -0.660. The van der Waals surface area contributed by atoms with Crippen LogP contribution < -0.4 is 5.73 Å². The molecule has 0 spiro atoms. The van der Waals surface area contributed by atoms with Crippen molar-refractivity contribution in [3.63, 3.8) is 0 Å². The number of anilines is 1. The molecule has 1 aromatic carbocycles. The molecule has 0 amide bonds. The van der Waals surface area contributed by atoms with Crippen LogP contribution in [0.2, 0.25) is 0 Å². The monoisotopic (exact) mass is 350 g/mol. The maximum atomic E-state index is 13.3. The van der Waals surface area contributed by atoms with Gasteiger partial charge in [0, 0.05) is 17.1 Å². The molecule has 2 unspecified atom stereocenters. The fourth-order valence-corrected chi connectivity index (χ4v) is 5.24. The summed E-state index contributed by atoms with van der Waals surface area (Å²) in [6, 6.07) is 2.20. The van der Waals surface area contributed by atoms with E-state index in [4.69, 9.17) is 5.73 Å². The summed E-state index contributed by atoms with van der Waals surface area (Å²) in [7, 11) is -3.65. The maximum absolute atomic E-state index is 13.3. The van der Waals surface area contributed by atoms with Crippen molar-refractivity contribution in [1.29, 1.82) is 0 Å². The Morgan fingerprint density at radius 2 is 2.05 bits per heavy atom. The van der Waals surface area contributed by atoms with Gasteiger partial charge in [-0.2, -0.15) is 4.31 Å².